The highest BCUT2D eigenvalue weighted by Crippen LogP contribution is 2.17. The van der Waals surface area contributed by atoms with Crippen molar-refractivity contribution in [2.24, 2.45) is 0 Å². The third kappa shape index (κ3) is 4.19. The summed E-state index contributed by atoms with van der Waals surface area (Å²) in [6.45, 7) is 5.04. The Labute approximate surface area is 102 Å². The van der Waals surface area contributed by atoms with Gasteiger partial charge < -0.3 is 16.2 Å². The predicted octanol–water partition coefficient (Wildman–Crippen LogP) is 1.50. The van der Waals surface area contributed by atoms with Crippen molar-refractivity contribution < 1.29 is 5.11 Å². The summed E-state index contributed by atoms with van der Waals surface area (Å²) in [5.74, 6) is 2.15. The van der Waals surface area contributed by atoms with Crippen LogP contribution in [0.2, 0.25) is 0 Å². The van der Waals surface area contributed by atoms with Crippen molar-refractivity contribution in [2.45, 2.75) is 39.5 Å². The maximum absolute atomic E-state index is 8.67. The number of aromatic nitrogens is 2. The highest BCUT2D eigenvalue weighted by Gasteiger charge is 2.06. The van der Waals surface area contributed by atoms with Gasteiger partial charge in [0.05, 0.1) is 0 Å². The second-order valence-electron chi connectivity index (χ2n) is 4.06. The van der Waals surface area contributed by atoms with Gasteiger partial charge in [-0.15, -0.1) is 0 Å². The van der Waals surface area contributed by atoms with Crippen LogP contribution in [-0.4, -0.2) is 28.2 Å². The Kier molecular flexibility index (Phi) is 5.69. The molecule has 1 aromatic heterocycles. The first-order valence-electron chi connectivity index (χ1n) is 6.16. The van der Waals surface area contributed by atoms with Gasteiger partial charge in [0.25, 0.3) is 0 Å². The van der Waals surface area contributed by atoms with E-state index in [9.17, 15) is 0 Å². The molecule has 0 aromatic carbocycles. The van der Waals surface area contributed by atoms with Gasteiger partial charge in [-0.1, -0.05) is 6.92 Å². The van der Waals surface area contributed by atoms with E-state index in [1.54, 1.807) is 0 Å². The lowest BCUT2D eigenvalue weighted by atomic mass is 10.2. The van der Waals surface area contributed by atoms with Crippen molar-refractivity contribution in [1.82, 2.24) is 9.97 Å². The van der Waals surface area contributed by atoms with E-state index in [1.165, 1.54) is 0 Å². The van der Waals surface area contributed by atoms with Gasteiger partial charge in [-0.25, -0.2) is 9.97 Å². The van der Waals surface area contributed by atoms with Crippen LogP contribution in [0.4, 0.5) is 11.6 Å². The first-order chi connectivity index (χ1) is 8.19. The molecule has 96 valence electrons. The molecule has 1 aromatic rings. The number of rotatable bonds is 7. The fourth-order valence-corrected chi connectivity index (χ4v) is 1.53. The quantitative estimate of drug-likeness (QED) is 0.627. The minimum atomic E-state index is 0.263. The zero-order valence-electron chi connectivity index (χ0n) is 10.7. The second-order valence-corrected chi connectivity index (χ2v) is 4.06. The summed E-state index contributed by atoms with van der Waals surface area (Å²) in [6, 6.07) is 0. The standard InChI is InChI=1S/C12H22N4O/c1-3-10-15-11(13)9(2)12(16-10)14-7-5-4-6-8-17/h17H,3-8H2,1-2H3,(H3,13,14,15,16). The van der Waals surface area contributed by atoms with Gasteiger partial charge in [0.15, 0.2) is 0 Å². The minimum absolute atomic E-state index is 0.263. The van der Waals surface area contributed by atoms with Gasteiger partial charge in [-0.2, -0.15) is 0 Å². The number of aliphatic hydroxyl groups excluding tert-OH is 1. The maximum Gasteiger partial charge on any atom is 0.134 e. The number of anilines is 2. The van der Waals surface area contributed by atoms with E-state index in [1.807, 2.05) is 13.8 Å². The Hall–Kier alpha value is -1.36. The Balaban J connectivity index is 2.54. The second kappa shape index (κ2) is 7.06. The van der Waals surface area contributed by atoms with E-state index in [0.29, 0.717) is 5.82 Å². The van der Waals surface area contributed by atoms with E-state index >= 15 is 0 Å². The number of aryl methyl sites for hydroxylation is 1. The molecule has 5 nitrogen and oxygen atoms in total. The van der Waals surface area contributed by atoms with Crippen molar-refractivity contribution in [3.05, 3.63) is 11.4 Å². The third-order valence-corrected chi connectivity index (χ3v) is 2.67. The van der Waals surface area contributed by atoms with Crippen molar-refractivity contribution in [2.75, 3.05) is 24.2 Å². The molecule has 1 heterocycles. The van der Waals surface area contributed by atoms with Crippen LogP contribution in [0.5, 0.6) is 0 Å². The lowest BCUT2D eigenvalue weighted by molar-refractivity contribution is 0.283. The molecule has 0 radical (unpaired) electrons. The summed E-state index contributed by atoms with van der Waals surface area (Å²) in [6.07, 6.45) is 3.67. The molecule has 5 heteroatoms. The summed E-state index contributed by atoms with van der Waals surface area (Å²) >= 11 is 0. The minimum Gasteiger partial charge on any atom is -0.396 e. The highest BCUT2D eigenvalue weighted by atomic mass is 16.2. The normalized spacial score (nSPS) is 10.5. The molecule has 0 saturated carbocycles. The van der Waals surface area contributed by atoms with Crippen molar-refractivity contribution in [3.63, 3.8) is 0 Å². The summed E-state index contributed by atoms with van der Waals surface area (Å²) < 4.78 is 0. The molecular formula is C12H22N4O. The fraction of sp³-hybridized carbons (Fsp3) is 0.667. The van der Waals surface area contributed by atoms with Crippen LogP contribution in [0.1, 0.15) is 37.6 Å². The number of hydrogen-bond acceptors (Lipinski definition) is 5. The summed E-state index contributed by atoms with van der Waals surface area (Å²) in [5.41, 5.74) is 6.73. The number of unbranched alkanes of at least 4 members (excludes halogenated alkanes) is 2. The van der Waals surface area contributed by atoms with E-state index < -0.39 is 0 Å². The van der Waals surface area contributed by atoms with Crippen LogP contribution >= 0.6 is 0 Å². The van der Waals surface area contributed by atoms with Gasteiger partial charge in [-0.05, 0) is 26.2 Å². The van der Waals surface area contributed by atoms with Crippen LogP contribution < -0.4 is 11.1 Å². The van der Waals surface area contributed by atoms with E-state index in [2.05, 4.69) is 15.3 Å². The highest BCUT2D eigenvalue weighted by molar-refractivity contribution is 5.54. The van der Waals surface area contributed by atoms with Crippen LogP contribution in [0, 0.1) is 6.92 Å². The number of aliphatic hydroxyl groups is 1. The fourth-order valence-electron chi connectivity index (χ4n) is 1.53. The van der Waals surface area contributed by atoms with Crippen molar-refractivity contribution in [3.8, 4) is 0 Å². The molecular weight excluding hydrogens is 216 g/mol. The number of nitrogens with two attached hydrogens (primary N) is 1. The van der Waals surface area contributed by atoms with Crippen LogP contribution in [0.3, 0.4) is 0 Å². The van der Waals surface area contributed by atoms with Gasteiger partial charge in [0.1, 0.15) is 17.5 Å². The maximum atomic E-state index is 8.67. The topological polar surface area (TPSA) is 84.1 Å². The van der Waals surface area contributed by atoms with E-state index in [-0.39, 0.29) is 6.61 Å². The van der Waals surface area contributed by atoms with Crippen molar-refractivity contribution >= 4 is 11.6 Å². The summed E-state index contributed by atoms with van der Waals surface area (Å²) in [7, 11) is 0. The number of nitrogen functional groups attached to an aromatic ring is 1. The van der Waals surface area contributed by atoms with Gasteiger partial charge >= 0.3 is 0 Å². The average Bonchev–Trinajstić information content (AvgIpc) is 2.33. The Morgan fingerprint density at radius 2 is 2.00 bits per heavy atom. The summed E-state index contributed by atoms with van der Waals surface area (Å²) in [4.78, 5) is 8.62. The Bertz CT molecular complexity index is 355. The molecule has 0 amide bonds. The monoisotopic (exact) mass is 238 g/mol. The van der Waals surface area contributed by atoms with Gasteiger partial charge in [0.2, 0.25) is 0 Å². The zero-order chi connectivity index (χ0) is 12.7. The molecule has 0 saturated heterocycles. The number of nitrogens with zero attached hydrogens (tertiary/aromatic N) is 2. The third-order valence-electron chi connectivity index (χ3n) is 2.67. The van der Waals surface area contributed by atoms with Crippen LogP contribution in [-0.2, 0) is 6.42 Å². The van der Waals surface area contributed by atoms with Crippen molar-refractivity contribution in [1.29, 1.82) is 0 Å². The lowest BCUT2D eigenvalue weighted by Crippen LogP contribution is -2.10. The number of nitrogens with one attached hydrogen (secondary N) is 1. The predicted molar refractivity (Wildman–Crippen MR) is 70.0 cm³/mol. The smallest absolute Gasteiger partial charge is 0.134 e. The molecule has 17 heavy (non-hydrogen) atoms. The molecule has 0 aliphatic carbocycles. The van der Waals surface area contributed by atoms with E-state index in [4.69, 9.17) is 10.8 Å². The van der Waals surface area contributed by atoms with Crippen LogP contribution in [0.25, 0.3) is 0 Å². The molecule has 0 unspecified atom stereocenters. The average molecular weight is 238 g/mol. The molecule has 4 N–H and O–H groups in total. The van der Waals surface area contributed by atoms with Gasteiger partial charge in [-0.3, -0.25) is 0 Å². The first kappa shape index (κ1) is 13.7. The SMILES string of the molecule is CCc1nc(N)c(C)c(NCCCCCO)n1. The lowest BCUT2D eigenvalue weighted by Gasteiger charge is -2.11. The molecule has 0 fully saturated rings. The molecule has 1 rings (SSSR count). The molecule has 0 bridgehead atoms. The Morgan fingerprint density at radius 3 is 2.65 bits per heavy atom. The van der Waals surface area contributed by atoms with Gasteiger partial charge in [0, 0.05) is 25.1 Å². The van der Waals surface area contributed by atoms with E-state index in [0.717, 1.165) is 49.4 Å². The summed E-state index contributed by atoms with van der Waals surface area (Å²) in [5, 5.41) is 11.9. The molecule has 0 aliphatic heterocycles. The Morgan fingerprint density at radius 1 is 1.24 bits per heavy atom. The van der Waals surface area contributed by atoms with Crippen LogP contribution in [0.15, 0.2) is 0 Å². The molecule has 0 atom stereocenters. The molecule has 0 aliphatic rings. The number of hydrogen-bond donors (Lipinski definition) is 3. The largest absolute Gasteiger partial charge is 0.396 e. The zero-order valence-corrected chi connectivity index (χ0v) is 10.7. The first-order valence-corrected chi connectivity index (χ1v) is 6.16. The molecule has 0 spiro atoms.